The summed E-state index contributed by atoms with van der Waals surface area (Å²) in [6.45, 7) is 4.27. The third-order valence-electron chi connectivity index (χ3n) is 2.34. The van der Waals surface area contributed by atoms with E-state index in [0.717, 1.165) is 0 Å². The van der Waals surface area contributed by atoms with Crippen molar-refractivity contribution in [1.82, 2.24) is 9.97 Å². The topological polar surface area (TPSA) is 47.0 Å². The largest absolute Gasteiger partial charge is 0.411 e. The second-order valence-electron chi connectivity index (χ2n) is 5.26. The predicted octanol–water partition coefficient (Wildman–Crippen LogP) is 3.66. The van der Waals surface area contributed by atoms with E-state index < -0.39 is 12.8 Å². The monoisotopic (exact) mass is 355 g/mol. The van der Waals surface area contributed by atoms with Gasteiger partial charge in [0.2, 0.25) is 0 Å². The summed E-state index contributed by atoms with van der Waals surface area (Å²) in [5, 5.41) is 2.88. The Morgan fingerprint density at radius 2 is 1.80 bits per heavy atom. The zero-order chi connectivity index (χ0) is 15.6. The van der Waals surface area contributed by atoms with Gasteiger partial charge in [-0.2, -0.15) is 13.2 Å². The molecule has 0 aliphatic carbocycles. The van der Waals surface area contributed by atoms with Crippen molar-refractivity contribution in [3.8, 4) is 0 Å². The lowest BCUT2D eigenvalue weighted by Gasteiger charge is -2.21. The molecule has 1 aromatic rings. The average Bonchev–Trinajstić information content (AvgIpc) is 2.27. The Kier molecular flexibility index (Phi) is 5.37. The number of rotatable bonds is 4. The second kappa shape index (κ2) is 6.26. The van der Waals surface area contributed by atoms with Crippen LogP contribution < -0.4 is 5.32 Å². The molecule has 0 fully saturated rings. The molecule has 0 amide bonds. The van der Waals surface area contributed by atoms with E-state index in [1.807, 2.05) is 20.8 Å². The molecule has 1 aromatic heterocycles. The molecule has 0 bridgehead atoms. The Labute approximate surface area is 124 Å². The van der Waals surface area contributed by atoms with Crippen LogP contribution in [0.3, 0.4) is 0 Å². The van der Waals surface area contributed by atoms with E-state index in [0.29, 0.717) is 16.0 Å². The molecule has 20 heavy (non-hydrogen) atoms. The van der Waals surface area contributed by atoms with Gasteiger partial charge in [0.25, 0.3) is 0 Å². The molecule has 1 heterocycles. The Hall–Kier alpha value is -0.890. The van der Waals surface area contributed by atoms with Crippen molar-refractivity contribution in [3.63, 3.8) is 0 Å². The second-order valence-corrected chi connectivity index (χ2v) is 6.05. The molecular formula is C12H17BrF3N3O. The van der Waals surface area contributed by atoms with Gasteiger partial charge < -0.3 is 10.1 Å². The standard InChI is InChI=1S/C12H17BrF3N3O/c1-11(2,3)9-8(13)10(17-4)19-7(18-9)5-20-6-12(14,15)16/h5-6H2,1-4H3,(H,17,18,19). The Morgan fingerprint density at radius 3 is 2.25 bits per heavy atom. The molecule has 0 atom stereocenters. The molecule has 0 saturated heterocycles. The normalized spacial score (nSPS) is 12.6. The lowest BCUT2D eigenvalue weighted by atomic mass is 9.92. The van der Waals surface area contributed by atoms with Gasteiger partial charge in [-0.1, -0.05) is 20.8 Å². The summed E-state index contributed by atoms with van der Waals surface area (Å²) in [7, 11) is 1.68. The van der Waals surface area contributed by atoms with Crippen LogP contribution in [0.15, 0.2) is 4.47 Å². The molecule has 0 aromatic carbocycles. The molecular weight excluding hydrogens is 339 g/mol. The maximum absolute atomic E-state index is 12.1. The van der Waals surface area contributed by atoms with Gasteiger partial charge >= 0.3 is 6.18 Å². The number of hydrogen-bond acceptors (Lipinski definition) is 4. The molecule has 114 valence electrons. The Balaban J connectivity index is 2.98. The van der Waals surface area contributed by atoms with Gasteiger partial charge in [0.05, 0.1) is 10.2 Å². The molecule has 8 heteroatoms. The first kappa shape index (κ1) is 17.2. The predicted molar refractivity (Wildman–Crippen MR) is 73.7 cm³/mol. The number of hydrogen-bond donors (Lipinski definition) is 1. The third-order valence-corrected chi connectivity index (χ3v) is 3.09. The van der Waals surface area contributed by atoms with Crippen LogP contribution in [0.1, 0.15) is 32.3 Å². The first-order chi connectivity index (χ1) is 9.04. The van der Waals surface area contributed by atoms with Gasteiger partial charge in [-0.05, 0) is 15.9 Å². The van der Waals surface area contributed by atoms with Crippen LogP contribution in [-0.2, 0) is 16.8 Å². The van der Waals surface area contributed by atoms with Crippen LogP contribution >= 0.6 is 15.9 Å². The van der Waals surface area contributed by atoms with Crippen LogP contribution in [0.5, 0.6) is 0 Å². The fourth-order valence-electron chi connectivity index (χ4n) is 1.48. The van der Waals surface area contributed by atoms with E-state index in [2.05, 4.69) is 36.0 Å². The molecule has 0 saturated carbocycles. The molecule has 0 aliphatic rings. The minimum atomic E-state index is -4.35. The summed E-state index contributed by atoms with van der Waals surface area (Å²) in [5.74, 6) is 0.738. The number of aromatic nitrogens is 2. The van der Waals surface area contributed by atoms with Crippen LogP contribution in [0.4, 0.5) is 19.0 Å². The first-order valence-corrected chi connectivity index (χ1v) is 6.73. The molecule has 1 N–H and O–H groups in total. The molecule has 0 spiro atoms. The third kappa shape index (κ3) is 4.90. The number of halogens is 4. The molecule has 0 aliphatic heterocycles. The van der Waals surface area contributed by atoms with E-state index in [1.54, 1.807) is 7.05 Å². The van der Waals surface area contributed by atoms with E-state index in [4.69, 9.17) is 0 Å². The Morgan fingerprint density at radius 1 is 1.20 bits per heavy atom. The highest BCUT2D eigenvalue weighted by Crippen LogP contribution is 2.32. The highest BCUT2D eigenvalue weighted by Gasteiger charge is 2.28. The van der Waals surface area contributed by atoms with Crippen molar-refractivity contribution >= 4 is 21.7 Å². The minimum Gasteiger partial charge on any atom is -0.372 e. The van der Waals surface area contributed by atoms with Gasteiger partial charge in [-0.3, -0.25) is 0 Å². The average molecular weight is 356 g/mol. The van der Waals surface area contributed by atoms with Crippen LogP contribution in [0.25, 0.3) is 0 Å². The van der Waals surface area contributed by atoms with E-state index >= 15 is 0 Å². The van der Waals surface area contributed by atoms with Crippen molar-refractivity contribution in [2.45, 2.75) is 39.0 Å². The highest BCUT2D eigenvalue weighted by molar-refractivity contribution is 9.10. The SMILES string of the molecule is CNc1nc(COCC(F)(F)F)nc(C(C)(C)C)c1Br. The summed E-state index contributed by atoms with van der Waals surface area (Å²) in [4.78, 5) is 8.40. The van der Waals surface area contributed by atoms with Crippen molar-refractivity contribution in [3.05, 3.63) is 16.0 Å². The zero-order valence-corrected chi connectivity index (χ0v) is 13.3. The number of ether oxygens (including phenoxy) is 1. The van der Waals surface area contributed by atoms with Gasteiger partial charge in [0, 0.05) is 12.5 Å². The van der Waals surface area contributed by atoms with Crippen molar-refractivity contribution in [1.29, 1.82) is 0 Å². The highest BCUT2D eigenvalue weighted by atomic mass is 79.9. The van der Waals surface area contributed by atoms with Gasteiger partial charge in [-0.15, -0.1) is 0 Å². The maximum Gasteiger partial charge on any atom is 0.411 e. The van der Waals surface area contributed by atoms with Crippen LogP contribution in [0, 0.1) is 0 Å². The first-order valence-electron chi connectivity index (χ1n) is 5.93. The van der Waals surface area contributed by atoms with Crippen molar-refractivity contribution in [2.24, 2.45) is 0 Å². The molecule has 0 radical (unpaired) electrons. The lowest BCUT2D eigenvalue weighted by molar-refractivity contribution is -0.177. The van der Waals surface area contributed by atoms with Crippen LogP contribution in [-0.4, -0.2) is 29.8 Å². The molecule has 0 unspecified atom stereocenters. The van der Waals surface area contributed by atoms with Gasteiger partial charge in [-0.25, -0.2) is 9.97 Å². The quantitative estimate of drug-likeness (QED) is 0.895. The summed E-state index contributed by atoms with van der Waals surface area (Å²) >= 11 is 3.40. The van der Waals surface area contributed by atoms with Gasteiger partial charge in [0.15, 0.2) is 5.82 Å². The minimum absolute atomic E-state index is 0.215. The summed E-state index contributed by atoms with van der Waals surface area (Å²) < 4.78 is 41.5. The number of alkyl halides is 3. The smallest absolute Gasteiger partial charge is 0.372 e. The lowest BCUT2D eigenvalue weighted by Crippen LogP contribution is -2.20. The zero-order valence-electron chi connectivity index (χ0n) is 11.7. The molecule has 1 rings (SSSR count). The fraction of sp³-hybridized carbons (Fsp3) is 0.667. The van der Waals surface area contributed by atoms with E-state index in [9.17, 15) is 13.2 Å². The number of nitrogens with one attached hydrogen (secondary N) is 1. The fourth-order valence-corrected chi connectivity index (χ4v) is 2.45. The maximum atomic E-state index is 12.1. The van der Waals surface area contributed by atoms with Crippen molar-refractivity contribution < 1.29 is 17.9 Å². The van der Waals surface area contributed by atoms with Crippen molar-refractivity contribution in [2.75, 3.05) is 19.0 Å². The number of nitrogens with zero attached hydrogens (tertiary/aromatic N) is 2. The van der Waals surface area contributed by atoms with Crippen LogP contribution in [0.2, 0.25) is 0 Å². The Bertz CT molecular complexity index is 472. The van der Waals surface area contributed by atoms with E-state index in [-0.39, 0.29) is 17.8 Å². The van der Waals surface area contributed by atoms with Gasteiger partial charge in [0.1, 0.15) is 19.0 Å². The summed E-state index contributed by atoms with van der Waals surface area (Å²) in [5.41, 5.74) is 0.439. The van der Waals surface area contributed by atoms with E-state index in [1.165, 1.54) is 0 Å². The summed E-state index contributed by atoms with van der Waals surface area (Å²) in [6, 6.07) is 0. The molecule has 4 nitrogen and oxygen atoms in total. The summed E-state index contributed by atoms with van der Waals surface area (Å²) in [6.07, 6.45) is -4.35. The number of anilines is 1.